The third-order valence-corrected chi connectivity index (χ3v) is 4.84. The maximum atomic E-state index is 12.8. The van der Waals surface area contributed by atoms with Crippen molar-refractivity contribution in [2.45, 2.75) is 19.1 Å². The Morgan fingerprint density at radius 1 is 1.14 bits per heavy atom. The molecule has 0 radical (unpaired) electrons. The van der Waals surface area contributed by atoms with Gasteiger partial charge < -0.3 is 24.3 Å². The fourth-order valence-corrected chi connectivity index (χ4v) is 3.43. The Morgan fingerprint density at radius 2 is 1.96 bits per heavy atom. The zero-order valence-corrected chi connectivity index (χ0v) is 15.5. The third kappa shape index (κ3) is 3.74. The summed E-state index contributed by atoms with van der Waals surface area (Å²) in [6.07, 6.45) is -0.600. The highest BCUT2D eigenvalue weighted by atomic mass is 16.6. The van der Waals surface area contributed by atoms with Crippen LogP contribution in [0.2, 0.25) is 0 Å². The highest BCUT2D eigenvalue weighted by Crippen LogP contribution is 2.40. The van der Waals surface area contributed by atoms with Crippen LogP contribution in [0.15, 0.2) is 42.5 Å². The molecule has 2 aliphatic heterocycles. The first kappa shape index (κ1) is 18.2. The molecule has 7 heteroatoms. The molecule has 146 valence electrons. The van der Waals surface area contributed by atoms with Crippen LogP contribution in [0.1, 0.15) is 23.7 Å². The van der Waals surface area contributed by atoms with Gasteiger partial charge in [-0.1, -0.05) is 18.2 Å². The maximum absolute atomic E-state index is 12.8. The summed E-state index contributed by atoms with van der Waals surface area (Å²) in [5.41, 5.74) is 1.63. The van der Waals surface area contributed by atoms with Crippen LogP contribution in [0, 0.1) is 5.92 Å². The Hall–Kier alpha value is -3.22. The van der Waals surface area contributed by atoms with E-state index in [-0.39, 0.29) is 18.3 Å². The second kappa shape index (κ2) is 7.80. The number of esters is 1. The van der Waals surface area contributed by atoms with Gasteiger partial charge in [-0.15, -0.1) is 0 Å². The predicted octanol–water partition coefficient (Wildman–Crippen LogP) is 2.39. The molecule has 28 heavy (non-hydrogen) atoms. The molecule has 2 atom stereocenters. The second-order valence-corrected chi connectivity index (χ2v) is 6.69. The summed E-state index contributed by atoms with van der Waals surface area (Å²) in [5.74, 6) is 0.761. The van der Waals surface area contributed by atoms with Gasteiger partial charge in [0, 0.05) is 6.54 Å². The number of ether oxygens (including phenoxy) is 4. The summed E-state index contributed by atoms with van der Waals surface area (Å²) in [7, 11) is 1.59. The Labute approximate surface area is 162 Å². The molecule has 0 aromatic heterocycles. The lowest BCUT2D eigenvalue weighted by molar-refractivity contribution is -0.141. The number of amides is 1. The molecular formula is C21H21NO6. The fourth-order valence-electron chi connectivity index (χ4n) is 3.43. The van der Waals surface area contributed by atoms with Gasteiger partial charge in [-0.25, -0.2) is 0 Å². The molecule has 7 nitrogen and oxygen atoms in total. The molecule has 2 aliphatic rings. The van der Waals surface area contributed by atoms with Crippen molar-refractivity contribution in [2.75, 3.05) is 20.3 Å². The van der Waals surface area contributed by atoms with Crippen LogP contribution in [0.25, 0.3) is 0 Å². The molecule has 1 amide bonds. The van der Waals surface area contributed by atoms with E-state index in [2.05, 4.69) is 5.32 Å². The van der Waals surface area contributed by atoms with E-state index in [1.807, 2.05) is 24.3 Å². The highest BCUT2D eigenvalue weighted by molar-refractivity contribution is 5.87. The molecule has 1 N–H and O–H groups in total. The summed E-state index contributed by atoms with van der Waals surface area (Å²) in [6, 6.07) is 12.8. The van der Waals surface area contributed by atoms with Crippen LogP contribution in [0.5, 0.6) is 17.2 Å². The Kier molecular flexibility index (Phi) is 5.06. The molecule has 2 aromatic carbocycles. The molecule has 0 bridgehead atoms. The molecule has 2 heterocycles. The average Bonchev–Trinajstić information content (AvgIpc) is 3.13. The Balaban J connectivity index is 1.47. The molecule has 2 aromatic rings. The molecule has 2 unspecified atom stereocenters. The largest absolute Gasteiger partial charge is 0.497 e. The van der Waals surface area contributed by atoms with Crippen LogP contribution in [-0.2, 0) is 20.9 Å². The first-order chi connectivity index (χ1) is 13.6. The van der Waals surface area contributed by atoms with E-state index < -0.39 is 12.0 Å². The van der Waals surface area contributed by atoms with Gasteiger partial charge in [-0.2, -0.15) is 0 Å². The molecule has 1 saturated heterocycles. The van der Waals surface area contributed by atoms with Crippen molar-refractivity contribution in [1.29, 1.82) is 0 Å². The zero-order chi connectivity index (χ0) is 19.5. The number of hydrogen-bond donors (Lipinski definition) is 1. The van der Waals surface area contributed by atoms with E-state index in [1.54, 1.807) is 25.3 Å². The third-order valence-electron chi connectivity index (χ3n) is 4.84. The normalized spacial score (nSPS) is 20.4. The summed E-state index contributed by atoms with van der Waals surface area (Å²) < 4.78 is 21.8. The lowest BCUT2D eigenvalue weighted by atomic mass is 9.94. The number of rotatable bonds is 5. The molecule has 4 rings (SSSR count). The number of cyclic esters (lactones) is 1. The summed E-state index contributed by atoms with van der Waals surface area (Å²) in [6.45, 7) is 1.31. The van der Waals surface area contributed by atoms with Crippen LogP contribution in [0.4, 0.5) is 0 Å². The minimum atomic E-state index is -0.645. The summed E-state index contributed by atoms with van der Waals surface area (Å²) in [4.78, 5) is 24.7. The van der Waals surface area contributed by atoms with Crippen molar-refractivity contribution >= 4 is 11.9 Å². The zero-order valence-electron chi connectivity index (χ0n) is 15.5. The quantitative estimate of drug-likeness (QED) is 0.799. The monoisotopic (exact) mass is 383 g/mol. The molecule has 0 aliphatic carbocycles. The minimum Gasteiger partial charge on any atom is -0.497 e. The first-order valence-electron chi connectivity index (χ1n) is 9.14. The van der Waals surface area contributed by atoms with Gasteiger partial charge in [0.05, 0.1) is 19.4 Å². The second-order valence-electron chi connectivity index (χ2n) is 6.69. The van der Waals surface area contributed by atoms with E-state index in [0.717, 1.165) is 16.9 Å². The van der Waals surface area contributed by atoms with Crippen molar-refractivity contribution in [2.24, 2.45) is 5.92 Å². The Morgan fingerprint density at radius 3 is 2.79 bits per heavy atom. The number of fused-ring (bicyclic) bond motifs is 1. The highest BCUT2D eigenvalue weighted by Gasteiger charge is 2.41. The molecule has 0 saturated carbocycles. The summed E-state index contributed by atoms with van der Waals surface area (Å²) >= 11 is 0. The van der Waals surface area contributed by atoms with Crippen molar-refractivity contribution in [3.05, 3.63) is 53.6 Å². The predicted molar refractivity (Wildman–Crippen MR) is 99.2 cm³/mol. The first-order valence-corrected chi connectivity index (χ1v) is 9.14. The van der Waals surface area contributed by atoms with Crippen LogP contribution < -0.4 is 19.5 Å². The van der Waals surface area contributed by atoms with Crippen LogP contribution >= 0.6 is 0 Å². The van der Waals surface area contributed by atoms with Gasteiger partial charge in [0.15, 0.2) is 11.5 Å². The topological polar surface area (TPSA) is 83.1 Å². The van der Waals surface area contributed by atoms with Crippen LogP contribution in [0.3, 0.4) is 0 Å². The van der Waals surface area contributed by atoms with Gasteiger partial charge in [-0.05, 0) is 35.4 Å². The molecule has 0 spiro atoms. The van der Waals surface area contributed by atoms with Gasteiger partial charge in [0.1, 0.15) is 25.1 Å². The van der Waals surface area contributed by atoms with E-state index in [4.69, 9.17) is 18.9 Å². The SMILES string of the molecule is COc1cccc(CNC(=O)C2CC(=O)OC2c2ccc3c(c2)OCCO3)c1. The number of benzene rings is 2. The van der Waals surface area contributed by atoms with E-state index in [1.165, 1.54) is 0 Å². The number of methoxy groups -OCH3 is 1. The van der Waals surface area contributed by atoms with Crippen molar-refractivity contribution in [1.82, 2.24) is 5.32 Å². The van der Waals surface area contributed by atoms with Crippen molar-refractivity contribution in [3.63, 3.8) is 0 Å². The minimum absolute atomic E-state index is 0.0447. The molecular weight excluding hydrogens is 362 g/mol. The van der Waals surface area contributed by atoms with E-state index >= 15 is 0 Å². The lowest BCUT2D eigenvalue weighted by Gasteiger charge is -2.22. The maximum Gasteiger partial charge on any atom is 0.307 e. The fraction of sp³-hybridized carbons (Fsp3) is 0.333. The van der Waals surface area contributed by atoms with Gasteiger partial charge >= 0.3 is 5.97 Å². The number of carbonyl (C=O) groups excluding carboxylic acids is 2. The Bertz CT molecular complexity index is 896. The molecule has 1 fully saturated rings. The number of carbonyl (C=O) groups is 2. The number of hydrogen-bond acceptors (Lipinski definition) is 6. The van der Waals surface area contributed by atoms with Gasteiger partial charge in [-0.3, -0.25) is 9.59 Å². The standard InChI is InChI=1S/C21H21NO6/c1-25-15-4-2-3-13(9-15)12-22-21(24)16-11-19(23)28-20(16)14-5-6-17-18(10-14)27-8-7-26-17/h2-6,9-10,16,20H,7-8,11-12H2,1H3,(H,22,24). The smallest absolute Gasteiger partial charge is 0.307 e. The van der Waals surface area contributed by atoms with E-state index in [9.17, 15) is 9.59 Å². The number of nitrogens with one attached hydrogen (secondary N) is 1. The lowest BCUT2D eigenvalue weighted by Crippen LogP contribution is -2.32. The summed E-state index contributed by atoms with van der Waals surface area (Å²) in [5, 5.41) is 2.89. The van der Waals surface area contributed by atoms with Gasteiger partial charge in [0.25, 0.3) is 0 Å². The van der Waals surface area contributed by atoms with Crippen molar-refractivity contribution < 1.29 is 28.5 Å². The van der Waals surface area contributed by atoms with Gasteiger partial charge in [0.2, 0.25) is 5.91 Å². The van der Waals surface area contributed by atoms with Crippen LogP contribution in [-0.4, -0.2) is 32.2 Å². The van der Waals surface area contributed by atoms with E-state index in [0.29, 0.717) is 31.3 Å². The van der Waals surface area contributed by atoms with Crippen molar-refractivity contribution in [3.8, 4) is 17.2 Å². The average molecular weight is 383 g/mol.